The van der Waals surface area contributed by atoms with Crippen LogP contribution >= 0.6 is 0 Å². The van der Waals surface area contributed by atoms with Gasteiger partial charge in [0.2, 0.25) is 0 Å². The number of ether oxygens (including phenoxy) is 2. The van der Waals surface area contributed by atoms with E-state index in [-0.39, 0.29) is 12.8 Å². The molecule has 3 aliphatic rings. The minimum absolute atomic E-state index is 0.176. The molecule has 1 spiro atoms. The van der Waals surface area contributed by atoms with Gasteiger partial charge in [0.15, 0.2) is 0 Å². The Morgan fingerprint density at radius 1 is 1.41 bits per heavy atom. The first-order valence-electron chi connectivity index (χ1n) is 7.38. The van der Waals surface area contributed by atoms with Crippen molar-refractivity contribution in [1.29, 1.82) is 0 Å². The molecule has 2 aliphatic heterocycles. The molecule has 120 valence electrons. The van der Waals surface area contributed by atoms with Gasteiger partial charge in [0.05, 0.1) is 12.7 Å². The number of nitrogens with one attached hydrogen (secondary N) is 1. The summed E-state index contributed by atoms with van der Waals surface area (Å²) in [6, 6.07) is 0. The molecule has 0 amide bonds. The Kier molecular flexibility index (Phi) is 2.75. The van der Waals surface area contributed by atoms with Crippen LogP contribution in [0.4, 0.5) is 0 Å². The third kappa shape index (κ3) is 1.60. The van der Waals surface area contributed by atoms with Crippen molar-refractivity contribution in [1.82, 2.24) is 9.55 Å². The number of aryl methyl sites for hydroxylation is 1. The average Bonchev–Trinajstić information content (AvgIpc) is 2.76. The summed E-state index contributed by atoms with van der Waals surface area (Å²) in [7, 11) is 0. The molecule has 0 radical (unpaired) electrons. The molecule has 3 fully saturated rings. The molecule has 1 saturated carbocycles. The van der Waals surface area contributed by atoms with Crippen molar-refractivity contribution in [2.24, 2.45) is 0 Å². The van der Waals surface area contributed by atoms with E-state index in [9.17, 15) is 19.8 Å². The number of nitrogens with zero attached hydrogens (tertiary/aromatic N) is 1. The predicted molar refractivity (Wildman–Crippen MR) is 73.5 cm³/mol. The molecule has 4 rings (SSSR count). The van der Waals surface area contributed by atoms with Gasteiger partial charge in [-0.25, -0.2) is 4.79 Å². The van der Waals surface area contributed by atoms with Gasteiger partial charge in [-0.15, -0.1) is 0 Å². The fourth-order valence-corrected chi connectivity index (χ4v) is 4.11. The van der Waals surface area contributed by atoms with E-state index in [1.807, 2.05) is 0 Å². The molecule has 3 N–H and O–H groups in total. The lowest BCUT2D eigenvalue weighted by Crippen LogP contribution is -2.56. The van der Waals surface area contributed by atoms with E-state index in [0.717, 1.165) is 0 Å². The first-order valence-corrected chi connectivity index (χ1v) is 7.38. The minimum atomic E-state index is -1.23. The maximum atomic E-state index is 12.0. The molecule has 8 heteroatoms. The number of aliphatic hydroxyl groups is 2. The van der Waals surface area contributed by atoms with Crippen LogP contribution in [0.3, 0.4) is 0 Å². The average molecular weight is 310 g/mol. The van der Waals surface area contributed by atoms with E-state index in [0.29, 0.717) is 18.6 Å². The highest BCUT2D eigenvalue weighted by atomic mass is 16.6. The molecule has 5 atom stereocenters. The highest BCUT2D eigenvalue weighted by molar-refractivity contribution is 5.20. The highest BCUT2D eigenvalue weighted by Gasteiger charge is 2.71. The summed E-state index contributed by atoms with van der Waals surface area (Å²) < 4.78 is 12.7. The Bertz CT molecular complexity index is 742. The first-order chi connectivity index (χ1) is 10.4. The van der Waals surface area contributed by atoms with Crippen LogP contribution in [0.15, 0.2) is 15.8 Å². The molecule has 1 aromatic rings. The lowest BCUT2D eigenvalue weighted by molar-refractivity contribution is -0.211. The Balaban J connectivity index is 1.76. The van der Waals surface area contributed by atoms with Crippen molar-refractivity contribution >= 4 is 0 Å². The molecular formula is C14H18N2O6. The van der Waals surface area contributed by atoms with E-state index < -0.39 is 40.9 Å². The van der Waals surface area contributed by atoms with Crippen LogP contribution < -0.4 is 11.2 Å². The van der Waals surface area contributed by atoms with Gasteiger partial charge in [0.1, 0.15) is 23.5 Å². The van der Waals surface area contributed by atoms with Gasteiger partial charge < -0.3 is 19.7 Å². The summed E-state index contributed by atoms with van der Waals surface area (Å²) in [5.74, 6) is 0. The highest BCUT2D eigenvalue weighted by Crippen LogP contribution is 2.57. The summed E-state index contributed by atoms with van der Waals surface area (Å²) in [6.07, 6.45) is 0.174. The zero-order chi connectivity index (χ0) is 15.7. The van der Waals surface area contributed by atoms with Gasteiger partial charge in [0.25, 0.3) is 5.56 Å². The van der Waals surface area contributed by atoms with Crippen LogP contribution in [0.5, 0.6) is 0 Å². The third-order valence-electron chi connectivity index (χ3n) is 5.28. The van der Waals surface area contributed by atoms with Gasteiger partial charge in [-0.1, -0.05) is 0 Å². The van der Waals surface area contributed by atoms with Crippen molar-refractivity contribution in [2.75, 3.05) is 6.61 Å². The number of aromatic amines is 1. The van der Waals surface area contributed by atoms with E-state index in [4.69, 9.17) is 9.47 Å². The molecule has 3 heterocycles. The summed E-state index contributed by atoms with van der Waals surface area (Å²) in [4.78, 5) is 25.7. The number of H-pyrrole nitrogens is 1. The largest absolute Gasteiger partial charge is 0.387 e. The minimum Gasteiger partial charge on any atom is -0.387 e. The standard InChI is InChI=1S/C14H18N2O6/c1-7-6-16(12(19)15-11(7)18)9-5-13(20)4-8-10(17)14(13,22-9)2-3-21-8/h6,8-10,17,20H,2-5H2,1H3,(H,15,18,19)/t8-,9-,10+,13-,14+/m0/s1. The molecule has 0 unspecified atom stereocenters. The Morgan fingerprint density at radius 3 is 2.95 bits per heavy atom. The van der Waals surface area contributed by atoms with Crippen LogP contribution in [0.2, 0.25) is 0 Å². The van der Waals surface area contributed by atoms with E-state index >= 15 is 0 Å². The fourth-order valence-electron chi connectivity index (χ4n) is 4.11. The zero-order valence-electron chi connectivity index (χ0n) is 12.1. The van der Waals surface area contributed by atoms with E-state index in [1.165, 1.54) is 10.8 Å². The van der Waals surface area contributed by atoms with Crippen LogP contribution in [0.1, 0.15) is 31.1 Å². The van der Waals surface area contributed by atoms with Crippen LogP contribution in [-0.4, -0.2) is 49.8 Å². The van der Waals surface area contributed by atoms with Crippen molar-refractivity contribution < 1.29 is 19.7 Å². The summed E-state index contributed by atoms with van der Waals surface area (Å²) in [5, 5.41) is 21.4. The number of fused-ring (bicyclic) bond motifs is 1. The van der Waals surface area contributed by atoms with Crippen molar-refractivity contribution in [3.63, 3.8) is 0 Å². The zero-order valence-corrected chi connectivity index (χ0v) is 12.1. The first kappa shape index (κ1) is 14.1. The van der Waals surface area contributed by atoms with Crippen molar-refractivity contribution in [3.8, 4) is 0 Å². The number of rotatable bonds is 1. The molecular weight excluding hydrogens is 292 g/mol. The lowest BCUT2D eigenvalue weighted by atomic mass is 9.82. The van der Waals surface area contributed by atoms with E-state index in [1.54, 1.807) is 6.92 Å². The Morgan fingerprint density at radius 2 is 2.18 bits per heavy atom. The normalized spacial score (nSPS) is 43.3. The lowest BCUT2D eigenvalue weighted by Gasteiger charge is -2.39. The fraction of sp³-hybridized carbons (Fsp3) is 0.714. The summed E-state index contributed by atoms with van der Waals surface area (Å²) >= 11 is 0. The Labute approximate surface area is 125 Å². The van der Waals surface area contributed by atoms with Crippen LogP contribution in [-0.2, 0) is 9.47 Å². The van der Waals surface area contributed by atoms with Gasteiger partial charge in [-0.3, -0.25) is 14.3 Å². The molecule has 0 aromatic carbocycles. The maximum absolute atomic E-state index is 12.0. The van der Waals surface area contributed by atoms with Crippen LogP contribution in [0.25, 0.3) is 0 Å². The molecule has 2 saturated heterocycles. The second-order valence-electron chi connectivity index (χ2n) is 6.48. The SMILES string of the molecule is Cc1cn([C@@H]2C[C@@]3(O)C[C@@H]4OCC[C@@]3(O2)[C@@H]4O)c(=O)[nH]c1=O. The summed E-state index contributed by atoms with van der Waals surface area (Å²) in [5.41, 5.74) is -2.98. The predicted octanol–water partition coefficient (Wildman–Crippen LogP) is -1.21. The number of aliphatic hydroxyl groups excluding tert-OH is 1. The second-order valence-corrected chi connectivity index (χ2v) is 6.48. The molecule has 1 aromatic heterocycles. The molecule has 1 aliphatic carbocycles. The van der Waals surface area contributed by atoms with Crippen LogP contribution in [0, 0.1) is 6.92 Å². The third-order valence-corrected chi connectivity index (χ3v) is 5.28. The number of hydrogen-bond acceptors (Lipinski definition) is 6. The van der Waals surface area contributed by atoms with Gasteiger partial charge >= 0.3 is 5.69 Å². The number of aromatic nitrogens is 2. The quantitative estimate of drug-likeness (QED) is 0.599. The van der Waals surface area contributed by atoms with Crippen molar-refractivity contribution in [3.05, 3.63) is 32.6 Å². The van der Waals surface area contributed by atoms with Gasteiger partial charge in [-0.05, 0) is 6.92 Å². The topological polar surface area (TPSA) is 114 Å². The van der Waals surface area contributed by atoms with Gasteiger partial charge in [-0.2, -0.15) is 0 Å². The molecule has 2 bridgehead atoms. The Hall–Kier alpha value is -1.48. The maximum Gasteiger partial charge on any atom is 0.330 e. The molecule has 8 nitrogen and oxygen atoms in total. The molecule has 22 heavy (non-hydrogen) atoms. The van der Waals surface area contributed by atoms with Gasteiger partial charge in [0, 0.05) is 31.0 Å². The van der Waals surface area contributed by atoms with E-state index in [2.05, 4.69) is 4.98 Å². The monoisotopic (exact) mass is 310 g/mol. The number of hydrogen-bond donors (Lipinski definition) is 3. The van der Waals surface area contributed by atoms with Crippen molar-refractivity contribution in [2.45, 2.75) is 55.8 Å². The second kappa shape index (κ2) is 4.29. The summed E-state index contributed by atoms with van der Waals surface area (Å²) in [6.45, 7) is 1.99. The smallest absolute Gasteiger partial charge is 0.330 e.